The number of rotatable bonds is 5. The highest BCUT2D eigenvalue weighted by Crippen LogP contribution is 2.18. The number of halogens is 1. The van der Waals surface area contributed by atoms with Crippen LogP contribution in [0.2, 0.25) is 5.02 Å². The monoisotopic (exact) mass is 400 g/mol. The van der Waals surface area contributed by atoms with Crippen molar-refractivity contribution in [3.63, 3.8) is 0 Å². The summed E-state index contributed by atoms with van der Waals surface area (Å²) in [6.07, 6.45) is 1.64. The number of nitrogens with zero attached hydrogens (tertiary/aromatic N) is 1. The van der Waals surface area contributed by atoms with Crippen LogP contribution in [0, 0.1) is 0 Å². The van der Waals surface area contributed by atoms with Crippen LogP contribution in [0.3, 0.4) is 0 Å². The summed E-state index contributed by atoms with van der Waals surface area (Å²) in [7, 11) is 1.59. The number of ether oxygens (including phenoxy) is 2. The molecule has 1 aliphatic rings. The Labute approximate surface area is 168 Å². The number of hydrogen-bond acceptors (Lipinski definition) is 4. The maximum Gasteiger partial charge on any atom is 0.270 e. The lowest BCUT2D eigenvalue weighted by atomic mass is 10.1. The molecule has 1 heterocycles. The van der Waals surface area contributed by atoms with E-state index in [1.807, 2.05) is 12.1 Å². The van der Waals surface area contributed by atoms with E-state index in [0.717, 1.165) is 5.56 Å². The molecule has 0 atom stereocenters. The van der Waals surface area contributed by atoms with Gasteiger partial charge in [0.05, 0.1) is 30.9 Å². The molecule has 7 heteroatoms. The van der Waals surface area contributed by atoms with Crippen molar-refractivity contribution in [2.45, 2.75) is 0 Å². The van der Waals surface area contributed by atoms with Gasteiger partial charge in [-0.2, -0.15) is 0 Å². The van der Waals surface area contributed by atoms with Crippen LogP contribution in [-0.2, 0) is 9.53 Å². The number of carbonyl (C=O) groups is 2. The highest BCUT2D eigenvalue weighted by Gasteiger charge is 2.23. The Hall–Kier alpha value is -2.83. The third kappa shape index (κ3) is 4.91. The number of methoxy groups -OCH3 is 1. The normalized spacial score (nSPS) is 14.5. The summed E-state index contributed by atoms with van der Waals surface area (Å²) < 4.78 is 10.5. The molecule has 146 valence electrons. The molecule has 2 aromatic rings. The van der Waals surface area contributed by atoms with Gasteiger partial charge in [0.25, 0.3) is 11.8 Å². The van der Waals surface area contributed by atoms with Crippen molar-refractivity contribution in [2.24, 2.45) is 0 Å². The van der Waals surface area contributed by atoms with E-state index in [4.69, 9.17) is 21.1 Å². The second-order valence-electron chi connectivity index (χ2n) is 6.17. The second-order valence-corrected chi connectivity index (χ2v) is 6.58. The first kappa shape index (κ1) is 19.9. The van der Waals surface area contributed by atoms with Crippen molar-refractivity contribution in [2.75, 3.05) is 33.4 Å². The van der Waals surface area contributed by atoms with Gasteiger partial charge in [0.1, 0.15) is 11.4 Å². The van der Waals surface area contributed by atoms with Gasteiger partial charge in [0, 0.05) is 13.1 Å². The van der Waals surface area contributed by atoms with E-state index in [9.17, 15) is 9.59 Å². The molecule has 28 heavy (non-hydrogen) atoms. The van der Waals surface area contributed by atoms with E-state index in [2.05, 4.69) is 5.32 Å². The van der Waals surface area contributed by atoms with Gasteiger partial charge in [-0.05, 0) is 35.9 Å². The number of carbonyl (C=O) groups excluding carboxylic acids is 2. The number of benzene rings is 2. The smallest absolute Gasteiger partial charge is 0.270 e. The fourth-order valence-corrected chi connectivity index (χ4v) is 3.01. The topological polar surface area (TPSA) is 67.9 Å². The van der Waals surface area contributed by atoms with Crippen LogP contribution in [-0.4, -0.2) is 50.1 Å². The molecule has 2 aromatic carbocycles. The molecule has 0 radical (unpaired) electrons. The van der Waals surface area contributed by atoms with Crippen LogP contribution >= 0.6 is 11.6 Å². The fraction of sp³-hybridized carbons (Fsp3) is 0.238. The average Bonchev–Trinajstić information content (AvgIpc) is 2.74. The van der Waals surface area contributed by atoms with Crippen LogP contribution in [0.15, 0.2) is 54.2 Å². The zero-order valence-electron chi connectivity index (χ0n) is 15.5. The summed E-state index contributed by atoms with van der Waals surface area (Å²) in [5.74, 6) is 0.00445. The van der Waals surface area contributed by atoms with E-state index in [0.29, 0.717) is 42.6 Å². The molecular formula is C21H21ClN2O4. The summed E-state index contributed by atoms with van der Waals surface area (Å²) in [6.45, 7) is 1.89. The Bertz CT molecular complexity index is 874. The van der Waals surface area contributed by atoms with E-state index < -0.39 is 5.91 Å². The lowest BCUT2D eigenvalue weighted by molar-refractivity contribution is -0.131. The Morgan fingerprint density at radius 3 is 2.43 bits per heavy atom. The van der Waals surface area contributed by atoms with Crippen LogP contribution in [0.25, 0.3) is 6.08 Å². The molecule has 0 aliphatic carbocycles. The number of amides is 2. The number of morpholine rings is 1. The largest absolute Gasteiger partial charge is 0.497 e. The van der Waals surface area contributed by atoms with E-state index >= 15 is 0 Å². The lowest BCUT2D eigenvalue weighted by Crippen LogP contribution is -2.44. The van der Waals surface area contributed by atoms with Crippen molar-refractivity contribution in [1.82, 2.24) is 10.2 Å². The molecule has 1 fully saturated rings. The SMILES string of the molecule is COc1ccc(/C=C(/NC(=O)c2ccccc2Cl)C(=O)N2CCOCC2)cc1. The average molecular weight is 401 g/mol. The summed E-state index contributed by atoms with van der Waals surface area (Å²) >= 11 is 6.12. The van der Waals surface area contributed by atoms with Crippen LogP contribution in [0.5, 0.6) is 5.75 Å². The Kier molecular flexibility index (Phi) is 6.68. The van der Waals surface area contributed by atoms with Crippen molar-refractivity contribution < 1.29 is 19.1 Å². The third-order valence-electron chi connectivity index (χ3n) is 4.32. The maximum atomic E-state index is 13.0. The Balaban J connectivity index is 1.88. The molecule has 0 aromatic heterocycles. The minimum absolute atomic E-state index is 0.178. The van der Waals surface area contributed by atoms with Crippen molar-refractivity contribution in [3.8, 4) is 5.75 Å². The van der Waals surface area contributed by atoms with Crippen LogP contribution in [0.4, 0.5) is 0 Å². The predicted molar refractivity (Wildman–Crippen MR) is 107 cm³/mol. The van der Waals surface area contributed by atoms with Crippen molar-refractivity contribution in [1.29, 1.82) is 0 Å². The molecule has 0 unspecified atom stereocenters. The first-order chi connectivity index (χ1) is 13.6. The molecule has 3 rings (SSSR count). The molecule has 1 aliphatic heterocycles. The fourth-order valence-electron chi connectivity index (χ4n) is 2.79. The number of nitrogens with one attached hydrogen (secondary N) is 1. The molecule has 0 bridgehead atoms. The molecule has 6 nitrogen and oxygen atoms in total. The van der Waals surface area contributed by atoms with E-state index in [-0.39, 0.29) is 11.6 Å². The van der Waals surface area contributed by atoms with Gasteiger partial charge in [0.15, 0.2) is 0 Å². The van der Waals surface area contributed by atoms with E-state index in [1.54, 1.807) is 54.5 Å². The van der Waals surface area contributed by atoms with Gasteiger partial charge in [-0.3, -0.25) is 9.59 Å². The lowest BCUT2D eigenvalue weighted by Gasteiger charge is -2.28. The van der Waals surface area contributed by atoms with Gasteiger partial charge in [-0.15, -0.1) is 0 Å². The summed E-state index contributed by atoms with van der Waals surface area (Å²) in [5.41, 5.74) is 1.24. The van der Waals surface area contributed by atoms with Gasteiger partial charge in [0.2, 0.25) is 0 Å². The Morgan fingerprint density at radius 2 is 1.79 bits per heavy atom. The first-order valence-electron chi connectivity index (χ1n) is 8.87. The zero-order chi connectivity index (χ0) is 19.9. The van der Waals surface area contributed by atoms with Gasteiger partial charge >= 0.3 is 0 Å². The quantitative estimate of drug-likeness (QED) is 0.783. The summed E-state index contributed by atoms with van der Waals surface area (Å²) in [5, 5.41) is 3.04. The van der Waals surface area contributed by atoms with Crippen LogP contribution in [0.1, 0.15) is 15.9 Å². The van der Waals surface area contributed by atoms with Gasteiger partial charge < -0.3 is 19.7 Å². The molecule has 2 amide bonds. The molecule has 1 saturated heterocycles. The zero-order valence-corrected chi connectivity index (χ0v) is 16.2. The van der Waals surface area contributed by atoms with E-state index in [1.165, 1.54) is 0 Å². The molecule has 0 spiro atoms. The highest BCUT2D eigenvalue weighted by atomic mass is 35.5. The highest BCUT2D eigenvalue weighted by molar-refractivity contribution is 6.34. The van der Waals surface area contributed by atoms with Crippen LogP contribution < -0.4 is 10.1 Å². The molecule has 0 saturated carbocycles. The van der Waals surface area contributed by atoms with Crippen molar-refractivity contribution in [3.05, 3.63) is 70.4 Å². The minimum Gasteiger partial charge on any atom is -0.497 e. The predicted octanol–water partition coefficient (Wildman–Crippen LogP) is 2.98. The first-order valence-corrected chi connectivity index (χ1v) is 9.25. The third-order valence-corrected chi connectivity index (χ3v) is 4.65. The maximum absolute atomic E-state index is 13.0. The van der Waals surface area contributed by atoms with Gasteiger partial charge in [-0.1, -0.05) is 35.9 Å². The minimum atomic E-state index is -0.438. The van der Waals surface area contributed by atoms with Crippen molar-refractivity contribution >= 4 is 29.5 Å². The summed E-state index contributed by atoms with van der Waals surface area (Å²) in [6, 6.07) is 13.9. The number of hydrogen-bond donors (Lipinski definition) is 1. The standard InChI is InChI=1S/C21H21ClN2O4/c1-27-16-8-6-15(7-9-16)14-19(21(26)24-10-12-28-13-11-24)23-20(25)17-4-2-3-5-18(17)22/h2-9,14H,10-13H2,1H3,(H,23,25)/b19-14+. The van der Waals surface area contributed by atoms with Gasteiger partial charge in [-0.25, -0.2) is 0 Å². The summed E-state index contributed by atoms with van der Waals surface area (Å²) in [4.78, 5) is 27.4. The Morgan fingerprint density at radius 1 is 1.11 bits per heavy atom. The molecule has 1 N–H and O–H groups in total. The second kappa shape index (κ2) is 9.39. The molecular weight excluding hydrogens is 380 g/mol.